The number of amides is 2. The van der Waals surface area contributed by atoms with Crippen molar-refractivity contribution in [2.45, 2.75) is 6.42 Å². The molecule has 0 aliphatic heterocycles. The molecule has 0 saturated heterocycles. The van der Waals surface area contributed by atoms with Crippen LogP contribution in [0.25, 0.3) is 10.6 Å². The fourth-order valence-corrected chi connectivity index (χ4v) is 3.65. The van der Waals surface area contributed by atoms with Crippen molar-refractivity contribution in [1.29, 1.82) is 0 Å². The van der Waals surface area contributed by atoms with Gasteiger partial charge < -0.3 is 5.32 Å². The minimum Gasteiger partial charge on any atom is -0.325 e. The van der Waals surface area contributed by atoms with Crippen LogP contribution in [0, 0.1) is 0 Å². The Morgan fingerprint density at radius 2 is 1.43 bits per heavy atom. The molecule has 1 heterocycles. The van der Waals surface area contributed by atoms with Gasteiger partial charge in [0.2, 0.25) is 11.0 Å². The van der Waals surface area contributed by atoms with Gasteiger partial charge in [-0.2, -0.15) is 0 Å². The molecule has 7 heteroatoms. The molecule has 3 aromatic carbocycles. The van der Waals surface area contributed by atoms with Crippen LogP contribution in [-0.2, 0) is 11.2 Å². The smallest absolute Gasteiger partial charge is 0.259 e. The van der Waals surface area contributed by atoms with E-state index < -0.39 is 0 Å². The molecule has 4 rings (SSSR count). The maximum absolute atomic E-state index is 12.8. The van der Waals surface area contributed by atoms with Gasteiger partial charge >= 0.3 is 0 Å². The number of hydrogen-bond acceptors (Lipinski definition) is 5. The van der Waals surface area contributed by atoms with Crippen molar-refractivity contribution in [2.24, 2.45) is 0 Å². The zero-order valence-electron chi connectivity index (χ0n) is 15.9. The maximum atomic E-state index is 12.8. The van der Waals surface area contributed by atoms with Gasteiger partial charge in [0.05, 0.1) is 17.7 Å². The molecule has 0 spiro atoms. The molecule has 1 aromatic heterocycles. The van der Waals surface area contributed by atoms with Gasteiger partial charge in [-0.15, -0.1) is 10.2 Å². The maximum Gasteiger partial charge on any atom is 0.259 e. The van der Waals surface area contributed by atoms with E-state index in [0.717, 1.165) is 16.1 Å². The zero-order chi connectivity index (χ0) is 20.8. The molecule has 30 heavy (non-hydrogen) atoms. The molecule has 0 fully saturated rings. The Bertz CT molecular complexity index is 1160. The molecule has 148 valence electrons. The number of anilines is 2. The van der Waals surface area contributed by atoms with E-state index in [-0.39, 0.29) is 18.2 Å². The van der Waals surface area contributed by atoms with Crippen molar-refractivity contribution < 1.29 is 9.59 Å². The van der Waals surface area contributed by atoms with Crippen LogP contribution < -0.4 is 10.6 Å². The number of aromatic nitrogens is 2. The number of para-hydroxylation sites is 1. The minimum absolute atomic E-state index is 0.191. The monoisotopic (exact) mass is 414 g/mol. The molecule has 2 amide bonds. The van der Waals surface area contributed by atoms with Gasteiger partial charge in [-0.3, -0.25) is 14.9 Å². The van der Waals surface area contributed by atoms with Crippen molar-refractivity contribution in [3.63, 3.8) is 0 Å². The van der Waals surface area contributed by atoms with Gasteiger partial charge in [0.25, 0.3) is 5.91 Å². The first kappa shape index (κ1) is 19.5. The van der Waals surface area contributed by atoms with E-state index in [0.29, 0.717) is 16.4 Å². The lowest BCUT2D eigenvalue weighted by Crippen LogP contribution is -2.19. The number of carbonyl (C=O) groups excluding carboxylic acids is 2. The minimum atomic E-state index is -0.360. The second-order valence-corrected chi connectivity index (χ2v) is 7.47. The highest BCUT2D eigenvalue weighted by Gasteiger charge is 2.16. The van der Waals surface area contributed by atoms with E-state index in [1.807, 2.05) is 60.7 Å². The fourth-order valence-electron chi connectivity index (χ4n) is 2.90. The molecule has 4 aromatic rings. The van der Waals surface area contributed by atoms with Crippen molar-refractivity contribution in [3.05, 3.63) is 96.1 Å². The zero-order valence-corrected chi connectivity index (χ0v) is 16.7. The number of hydrogen-bond donors (Lipinski definition) is 2. The van der Waals surface area contributed by atoms with Crippen molar-refractivity contribution in [2.75, 3.05) is 10.6 Å². The Labute approximate surface area is 177 Å². The third kappa shape index (κ3) is 4.76. The average molecular weight is 414 g/mol. The second kappa shape index (κ2) is 9.11. The topological polar surface area (TPSA) is 84.0 Å². The quantitative estimate of drug-likeness (QED) is 0.481. The fraction of sp³-hybridized carbons (Fsp3) is 0.0435. The molecule has 0 aliphatic rings. The van der Waals surface area contributed by atoms with Crippen molar-refractivity contribution >= 4 is 34.0 Å². The van der Waals surface area contributed by atoms with Gasteiger partial charge in [0.15, 0.2) is 0 Å². The van der Waals surface area contributed by atoms with Gasteiger partial charge in [0.1, 0.15) is 5.01 Å². The van der Waals surface area contributed by atoms with Crippen LogP contribution >= 0.6 is 11.3 Å². The van der Waals surface area contributed by atoms with Crippen LogP contribution in [0.3, 0.4) is 0 Å². The van der Waals surface area contributed by atoms with E-state index in [1.165, 1.54) is 11.3 Å². The molecular weight excluding hydrogens is 396 g/mol. The molecule has 2 N–H and O–H groups in total. The van der Waals surface area contributed by atoms with Gasteiger partial charge in [-0.25, -0.2) is 0 Å². The third-order valence-corrected chi connectivity index (χ3v) is 5.21. The van der Waals surface area contributed by atoms with Crippen LogP contribution in [0.2, 0.25) is 0 Å². The lowest BCUT2D eigenvalue weighted by atomic mass is 10.1. The highest BCUT2D eigenvalue weighted by atomic mass is 32.1. The van der Waals surface area contributed by atoms with Crippen LogP contribution in [0.15, 0.2) is 84.9 Å². The van der Waals surface area contributed by atoms with Crippen LogP contribution in [0.4, 0.5) is 10.8 Å². The number of benzene rings is 3. The summed E-state index contributed by atoms with van der Waals surface area (Å²) in [5.74, 6) is -0.551. The normalized spacial score (nSPS) is 10.4. The number of nitrogens with one attached hydrogen (secondary N) is 2. The number of nitrogens with zero attached hydrogens (tertiary/aromatic N) is 2. The predicted molar refractivity (Wildman–Crippen MR) is 119 cm³/mol. The number of carbonyl (C=O) groups is 2. The predicted octanol–water partition coefficient (Wildman–Crippen LogP) is 4.64. The van der Waals surface area contributed by atoms with Gasteiger partial charge in [-0.05, 0) is 17.7 Å². The lowest BCUT2D eigenvalue weighted by molar-refractivity contribution is -0.115. The summed E-state index contributed by atoms with van der Waals surface area (Å²) in [5, 5.41) is 14.9. The summed E-state index contributed by atoms with van der Waals surface area (Å²) in [4.78, 5) is 25.2. The molecule has 0 atom stereocenters. The summed E-state index contributed by atoms with van der Waals surface area (Å²) in [6.45, 7) is 0. The summed E-state index contributed by atoms with van der Waals surface area (Å²) in [6.07, 6.45) is 0.230. The summed E-state index contributed by atoms with van der Waals surface area (Å²) in [6, 6.07) is 26.0. The lowest BCUT2D eigenvalue weighted by Gasteiger charge is -2.10. The Morgan fingerprint density at radius 1 is 0.767 bits per heavy atom. The van der Waals surface area contributed by atoms with E-state index in [2.05, 4.69) is 20.8 Å². The standard InChI is InChI=1S/C23H18N4O2S/c28-20(15-16-9-3-1-4-10-16)24-19-14-8-7-13-18(19)21(29)25-23-27-26-22(30-23)17-11-5-2-6-12-17/h1-14H,15H2,(H,24,28)(H,25,27,29). The number of rotatable bonds is 6. The molecule has 6 nitrogen and oxygen atoms in total. The first-order valence-electron chi connectivity index (χ1n) is 9.32. The van der Waals surface area contributed by atoms with E-state index >= 15 is 0 Å². The summed E-state index contributed by atoms with van der Waals surface area (Å²) < 4.78 is 0. The summed E-state index contributed by atoms with van der Waals surface area (Å²) in [7, 11) is 0. The van der Waals surface area contributed by atoms with Crippen molar-refractivity contribution in [3.8, 4) is 10.6 Å². The SMILES string of the molecule is O=C(Cc1ccccc1)Nc1ccccc1C(=O)Nc1nnc(-c2ccccc2)s1. The largest absolute Gasteiger partial charge is 0.325 e. The van der Waals surface area contributed by atoms with Gasteiger partial charge in [-0.1, -0.05) is 84.1 Å². The molecular formula is C23H18N4O2S. The average Bonchev–Trinajstić information content (AvgIpc) is 3.24. The molecule has 0 aliphatic carbocycles. The Balaban J connectivity index is 1.46. The molecule has 0 bridgehead atoms. The van der Waals surface area contributed by atoms with Crippen LogP contribution in [0.5, 0.6) is 0 Å². The first-order chi connectivity index (χ1) is 14.7. The highest BCUT2D eigenvalue weighted by Crippen LogP contribution is 2.27. The first-order valence-corrected chi connectivity index (χ1v) is 10.1. The summed E-state index contributed by atoms with van der Waals surface area (Å²) in [5.41, 5.74) is 2.64. The molecule has 0 saturated carbocycles. The molecule has 0 radical (unpaired) electrons. The van der Waals surface area contributed by atoms with Crippen LogP contribution in [-0.4, -0.2) is 22.0 Å². The van der Waals surface area contributed by atoms with Crippen LogP contribution in [0.1, 0.15) is 15.9 Å². The Morgan fingerprint density at radius 3 is 2.20 bits per heavy atom. The van der Waals surface area contributed by atoms with Crippen molar-refractivity contribution in [1.82, 2.24) is 10.2 Å². The molecule has 0 unspecified atom stereocenters. The second-order valence-electron chi connectivity index (χ2n) is 6.49. The Hall–Kier alpha value is -3.84. The van der Waals surface area contributed by atoms with E-state index in [4.69, 9.17) is 0 Å². The van der Waals surface area contributed by atoms with E-state index in [1.54, 1.807) is 24.3 Å². The van der Waals surface area contributed by atoms with Gasteiger partial charge in [0, 0.05) is 5.56 Å². The highest BCUT2D eigenvalue weighted by molar-refractivity contribution is 7.18. The third-order valence-electron chi connectivity index (χ3n) is 4.32. The summed E-state index contributed by atoms with van der Waals surface area (Å²) >= 11 is 1.29. The Kier molecular flexibility index (Phi) is 5.91. The van der Waals surface area contributed by atoms with E-state index in [9.17, 15) is 9.59 Å².